The summed E-state index contributed by atoms with van der Waals surface area (Å²) in [5.41, 5.74) is 2.30. The summed E-state index contributed by atoms with van der Waals surface area (Å²) >= 11 is 1.53. The molecule has 3 aromatic carbocycles. The molecule has 1 atom stereocenters. The fraction of sp³-hybridized carbons (Fsp3) is 0.250. The fourth-order valence-corrected chi connectivity index (χ4v) is 5.71. The Morgan fingerprint density at radius 1 is 1.09 bits per heavy atom. The number of thiophene rings is 1. The molecule has 0 saturated carbocycles. The molecular formula is C28H27NO3S. The van der Waals surface area contributed by atoms with Gasteiger partial charge in [0.05, 0.1) is 0 Å². The van der Waals surface area contributed by atoms with Crippen molar-refractivity contribution >= 4 is 27.2 Å². The molecule has 4 nitrogen and oxygen atoms in total. The normalized spacial score (nSPS) is 16.3. The predicted octanol–water partition coefficient (Wildman–Crippen LogP) is 6.23. The fourth-order valence-electron chi connectivity index (χ4n) is 4.47. The Morgan fingerprint density at radius 3 is 2.61 bits per heavy atom. The summed E-state index contributed by atoms with van der Waals surface area (Å²) in [6.07, 6.45) is 1.26. The van der Waals surface area contributed by atoms with Gasteiger partial charge in [-0.05, 0) is 66.9 Å². The molecule has 1 saturated heterocycles. The summed E-state index contributed by atoms with van der Waals surface area (Å²) in [7, 11) is 0. The number of hydrogen-bond acceptors (Lipinski definition) is 5. The lowest BCUT2D eigenvalue weighted by Crippen LogP contribution is -2.25. The molecule has 0 aliphatic carbocycles. The molecule has 1 aliphatic heterocycles. The van der Waals surface area contributed by atoms with E-state index in [1.165, 1.54) is 17.8 Å². The van der Waals surface area contributed by atoms with Gasteiger partial charge in [0, 0.05) is 39.2 Å². The van der Waals surface area contributed by atoms with Crippen LogP contribution in [0.4, 0.5) is 0 Å². The van der Waals surface area contributed by atoms with Crippen molar-refractivity contribution in [1.29, 1.82) is 0 Å². The van der Waals surface area contributed by atoms with Gasteiger partial charge in [0.1, 0.15) is 18.1 Å². The standard InChI is InChI=1S/C28H27NO3S/c1-19-13-14-29(18-19)15-16-32-23-10-7-20(8-11-23)27(31)26-24-12-9-22(30)17-25(24)33-28(26)21-5-3-2-4-6-21/h2-12,17,19,30H,13-16,18H2,1H3. The van der Waals surface area contributed by atoms with E-state index in [0.717, 1.165) is 51.8 Å². The maximum Gasteiger partial charge on any atom is 0.195 e. The molecule has 1 N–H and O–H groups in total. The van der Waals surface area contributed by atoms with Gasteiger partial charge in [0.15, 0.2) is 5.78 Å². The molecule has 33 heavy (non-hydrogen) atoms. The minimum Gasteiger partial charge on any atom is -0.508 e. The number of hydrogen-bond donors (Lipinski definition) is 1. The molecule has 5 heteroatoms. The number of rotatable bonds is 7. The van der Waals surface area contributed by atoms with Crippen LogP contribution in [0, 0.1) is 5.92 Å². The second-order valence-electron chi connectivity index (χ2n) is 8.75. The van der Waals surface area contributed by atoms with Crippen molar-refractivity contribution in [2.75, 3.05) is 26.2 Å². The lowest BCUT2D eigenvalue weighted by atomic mass is 9.97. The third kappa shape index (κ3) is 4.65. The van der Waals surface area contributed by atoms with Crippen molar-refractivity contribution in [2.24, 2.45) is 5.92 Å². The monoisotopic (exact) mass is 457 g/mol. The van der Waals surface area contributed by atoms with Gasteiger partial charge in [-0.2, -0.15) is 0 Å². The van der Waals surface area contributed by atoms with E-state index in [1.54, 1.807) is 12.1 Å². The van der Waals surface area contributed by atoms with Crippen LogP contribution in [0.15, 0.2) is 72.8 Å². The SMILES string of the molecule is CC1CCN(CCOc2ccc(C(=O)c3c(-c4ccccc4)sc4cc(O)ccc34)cc2)C1. The zero-order chi connectivity index (χ0) is 22.8. The minimum absolute atomic E-state index is 0.0246. The van der Waals surface area contributed by atoms with Gasteiger partial charge < -0.3 is 9.84 Å². The zero-order valence-corrected chi connectivity index (χ0v) is 19.5. The predicted molar refractivity (Wildman–Crippen MR) is 135 cm³/mol. The number of carbonyl (C=O) groups excluding carboxylic acids is 1. The Bertz CT molecular complexity index is 1260. The van der Waals surface area contributed by atoms with Gasteiger partial charge in [0.25, 0.3) is 0 Å². The molecule has 0 radical (unpaired) electrons. The molecule has 5 rings (SSSR count). The third-order valence-electron chi connectivity index (χ3n) is 6.24. The van der Waals surface area contributed by atoms with Crippen LogP contribution >= 0.6 is 11.3 Å². The van der Waals surface area contributed by atoms with Crippen LogP contribution in [0.2, 0.25) is 0 Å². The summed E-state index contributed by atoms with van der Waals surface area (Å²) in [5.74, 6) is 1.73. The van der Waals surface area contributed by atoms with Crippen molar-refractivity contribution in [1.82, 2.24) is 4.90 Å². The van der Waals surface area contributed by atoms with E-state index in [4.69, 9.17) is 4.74 Å². The second kappa shape index (κ2) is 9.38. The zero-order valence-electron chi connectivity index (χ0n) is 18.7. The molecule has 0 spiro atoms. The number of likely N-dealkylation sites (tertiary alicyclic amines) is 1. The maximum atomic E-state index is 13.6. The molecule has 4 aromatic rings. The first-order chi connectivity index (χ1) is 16.1. The van der Waals surface area contributed by atoms with E-state index < -0.39 is 0 Å². The van der Waals surface area contributed by atoms with Gasteiger partial charge in [-0.15, -0.1) is 11.3 Å². The van der Waals surface area contributed by atoms with E-state index in [1.807, 2.05) is 60.7 Å². The van der Waals surface area contributed by atoms with Gasteiger partial charge in [-0.3, -0.25) is 9.69 Å². The number of ketones is 1. The largest absolute Gasteiger partial charge is 0.508 e. The van der Waals surface area contributed by atoms with Crippen LogP contribution in [-0.2, 0) is 0 Å². The number of phenolic OH excluding ortho intramolecular Hbond substituents is 1. The highest BCUT2D eigenvalue weighted by Crippen LogP contribution is 2.41. The third-order valence-corrected chi connectivity index (χ3v) is 7.44. The maximum absolute atomic E-state index is 13.6. The van der Waals surface area contributed by atoms with Crippen LogP contribution in [0.5, 0.6) is 11.5 Å². The molecule has 1 unspecified atom stereocenters. The molecular weight excluding hydrogens is 430 g/mol. The summed E-state index contributed by atoms with van der Waals surface area (Å²) in [6, 6.07) is 22.6. The van der Waals surface area contributed by atoms with Crippen LogP contribution in [-0.4, -0.2) is 42.0 Å². The summed E-state index contributed by atoms with van der Waals surface area (Å²) in [5, 5.41) is 10.8. The highest BCUT2D eigenvalue weighted by atomic mass is 32.1. The van der Waals surface area contributed by atoms with E-state index in [2.05, 4.69) is 11.8 Å². The summed E-state index contributed by atoms with van der Waals surface area (Å²) in [4.78, 5) is 17.0. The molecule has 168 valence electrons. The lowest BCUT2D eigenvalue weighted by Gasteiger charge is -2.15. The second-order valence-corrected chi connectivity index (χ2v) is 9.80. The van der Waals surface area contributed by atoms with E-state index in [9.17, 15) is 9.90 Å². The number of nitrogens with zero attached hydrogens (tertiary/aromatic N) is 1. The molecule has 1 aliphatic rings. The first-order valence-electron chi connectivity index (χ1n) is 11.4. The van der Waals surface area contributed by atoms with E-state index >= 15 is 0 Å². The van der Waals surface area contributed by atoms with E-state index in [0.29, 0.717) is 17.7 Å². The molecule has 0 amide bonds. The first kappa shape index (κ1) is 21.7. The van der Waals surface area contributed by atoms with Crippen LogP contribution in [0.3, 0.4) is 0 Å². The highest BCUT2D eigenvalue weighted by Gasteiger charge is 2.22. The van der Waals surface area contributed by atoms with Crippen molar-refractivity contribution < 1.29 is 14.6 Å². The number of benzene rings is 3. The lowest BCUT2D eigenvalue weighted by molar-refractivity contribution is 0.104. The Balaban J connectivity index is 1.38. The van der Waals surface area contributed by atoms with Crippen molar-refractivity contribution in [2.45, 2.75) is 13.3 Å². The molecule has 1 fully saturated rings. The number of carbonyl (C=O) groups is 1. The quantitative estimate of drug-likeness (QED) is 0.335. The number of phenols is 1. The van der Waals surface area contributed by atoms with Gasteiger partial charge in [-0.1, -0.05) is 37.3 Å². The summed E-state index contributed by atoms with van der Waals surface area (Å²) < 4.78 is 6.82. The summed E-state index contributed by atoms with van der Waals surface area (Å²) in [6.45, 7) is 6.16. The van der Waals surface area contributed by atoms with Crippen molar-refractivity contribution in [3.05, 3.63) is 83.9 Å². The number of fused-ring (bicyclic) bond motifs is 1. The average Bonchev–Trinajstić information content (AvgIpc) is 3.42. The topological polar surface area (TPSA) is 49.8 Å². The number of aromatic hydroxyl groups is 1. The smallest absolute Gasteiger partial charge is 0.195 e. The van der Waals surface area contributed by atoms with Gasteiger partial charge in [-0.25, -0.2) is 0 Å². The van der Waals surface area contributed by atoms with Gasteiger partial charge in [0.2, 0.25) is 0 Å². The van der Waals surface area contributed by atoms with Crippen LogP contribution in [0.25, 0.3) is 20.5 Å². The Labute approximate surface area is 198 Å². The van der Waals surface area contributed by atoms with Crippen LogP contribution < -0.4 is 4.74 Å². The van der Waals surface area contributed by atoms with Crippen molar-refractivity contribution in [3.63, 3.8) is 0 Å². The molecule has 0 bridgehead atoms. The minimum atomic E-state index is -0.0246. The van der Waals surface area contributed by atoms with Crippen LogP contribution in [0.1, 0.15) is 29.3 Å². The Kier molecular flexibility index (Phi) is 6.16. The Hall–Kier alpha value is -3.15. The molecule has 2 heterocycles. The highest BCUT2D eigenvalue weighted by molar-refractivity contribution is 7.22. The van der Waals surface area contributed by atoms with E-state index in [-0.39, 0.29) is 11.5 Å². The Morgan fingerprint density at radius 2 is 1.88 bits per heavy atom. The van der Waals surface area contributed by atoms with Crippen molar-refractivity contribution in [3.8, 4) is 21.9 Å². The van der Waals surface area contributed by atoms with Gasteiger partial charge >= 0.3 is 0 Å². The average molecular weight is 458 g/mol. The number of ether oxygens (including phenoxy) is 1. The molecule has 1 aromatic heterocycles. The first-order valence-corrected chi connectivity index (χ1v) is 12.2.